The third kappa shape index (κ3) is 4.25. The highest BCUT2D eigenvalue weighted by atomic mass is 32.2. The molecule has 4 rings (SSSR count). The summed E-state index contributed by atoms with van der Waals surface area (Å²) in [5, 5.41) is 2.80. The van der Waals surface area contributed by atoms with Gasteiger partial charge in [-0.3, -0.25) is 4.79 Å². The lowest BCUT2D eigenvalue weighted by Crippen LogP contribution is -2.26. The average molecular weight is 438 g/mol. The Balaban J connectivity index is 1.47. The maximum absolute atomic E-state index is 12.8. The Hall–Kier alpha value is -3.07. The van der Waals surface area contributed by atoms with Crippen LogP contribution in [0.2, 0.25) is 0 Å². The zero-order valence-corrected chi connectivity index (χ0v) is 17.8. The number of amides is 1. The smallest absolute Gasteiger partial charge is 0.255 e. The van der Waals surface area contributed by atoms with Crippen LogP contribution in [-0.4, -0.2) is 30.7 Å². The van der Waals surface area contributed by atoms with Gasteiger partial charge < -0.3 is 5.32 Å². The summed E-state index contributed by atoms with van der Waals surface area (Å²) in [6, 6.07) is 20.9. The van der Waals surface area contributed by atoms with E-state index in [4.69, 9.17) is 0 Å². The predicted octanol–water partition coefficient (Wildman–Crippen LogP) is 4.37. The summed E-state index contributed by atoms with van der Waals surface area (Å²) in [5.41, 5.74) is 4.54. The molecule has 1 amide bonds. The van der Waals surface area contributed by atoms with Gasteiger partial charge in [-0.2, -0.15) is 4.31 Å². The molecule has 0 fully saturated rings. The molecule has 1 N–H and O–H groups in total. The van der Waals surface area contributed by atoms with E-state index in [0.717, 1.165) is 15.8 Å². The van der Waals surface area contributed by atoms with Gasteiger partial charge in [-0.05, 0) is 48.0 Å². The number of carbonyl (C=O) groups excluding carboxylic acids is 1. The quantitative estimate of drug-likeness (QED) is 0.486. The monoisotopic (exact) mass is 437 g/mol. The summed E-state index contributed by atoms with van der Waals surface area (Å²) < 4.78 is 27.9. The first-order valence-electron chi connectivity index (χ1n) is 9.18. The molecule has 0 radical (unpaired) electrons. The van der Waals surface area contributed by atoms with Gasteiger partial charge in [0.2, 0.25) is 10.0 Å². The maximum Gasteiger partial charge on any atom is 0.255 e. The fourth-order valence-electron chi connectivity index (χ4n) is 3.02. The highest BCUT2D eigenvalue weighted by Gasteiger charge is 2.21. The minimum absolute atomic E-state index is 0.171. The van der Waals surface area contributed by atoms with Crippen molar-refractivity contribution in [3.8, 4) is 0 Å². The van der Waals surface area contributed by atoms with E-state index in [1.807, 2.05) is 30.3 Å². The molecule has 0 aliphatic rings. The topological polar surface area (TPSA) is 79.4 Å². The first-order valence-corrected chi connectivity index (χ1v) is 11.5. The van der Waals surface area contributed by atoms with E-state index in [9.17, 15) is 13.2 Å². The van der Waals surface area contributed by atoms with Crippen molar-refractivity contribution in [3.05, 3.63) is 89.4 Å². The van der Waals surface area contributed by atoms with Crippen LogP contribution in [0.3, 0.4) is 0 Å². The summed E-state index contributed by atoms with van der Waals surface area (Å²) >= 11 is 1.47. The third-order valence-electron chi connectivity index (χ3n) is 4.66. The molecule has 30 heavy (non-hydrogen) atoms. The fourth-order valence-corrected chi connectivity index (χ4v) is 4.89. The number of carbonyl (C=O) groups is 1. The molecule has 0 atom stereocenters. The lowest BCUT2D eigenvalue weighted by Gasteiger charge is -2.17. The summed E-state index contributed by atoms with van der Waals surface area (Å²) in [7, 11) is -2.09. The van der Waals surface area contributed by atoms with Crippen molar-refractivity contribution in [2.45, 2.75) is 11.4 Å². The van der Waals surface area contributed by atoms with Crippen LogP contribution in [-0.2, 0) is 16.6 Å². The number of sulfonamides is 1. The lowest BCUT2D eigenvalue weighted by molar-refractivity contribution is 0.102. The molecule has 4 aromatic rings. The first kappa shape index (κ1) is 20.2. The number of hydrogen-bond acceptors (Lipinski definition) is 5. The van der Waals surface area contributed by atoms with E-state index in [2.05, 4.69) is 10.3 Å². The maximum atomic E-state index is 12.8. The Bertz CT molecular complexity index is 1280. The second kappa shape index (κ2) is 8.35. The summed E-state index contributed by atoms with van der Waals surface area (Å²) in [6.07, 6.45) is 0. The van der Waals surface area contributed by atoms with E-state index < -0.39 is 10.0 Å². The van der Waals surface area contributed by atoms with Gasteiger partial charge in [0, 0.05) is 24.8 Å². The normalized spacial score (nSPS) is 11.7. The van der Waals surface area contributed by atoms with E-state index in [-0.39, 0.29) is 17.3 Å². The number of nitrogens with zero attached hydrogens (tertiary/aromatic N) is 2. The molecule has 0 unspecified atom stereocenters. The van der Waals surface area contributed by atoms with Crippen molar-refractivity contribution < 1.29 is 13.2 Å². The Morgan fingerprint density at radius 2 is 1.77 bits per heavy atom. The molecule has 1 aromatic heterocycles. The minimum atomic E-state index is -3.64. The molecule has 3 aromatic carbocycles. The Morgan fingerprint density at radius 1 is 1.03 bits per heavy atom. The van der Waals surface area contributed by atoms with Crippen LogP contribution >= 0.6 is 11.3 Å². The number of rotatable bonds is 6. The minimum Gasteiger partial charge on any atom is -0.322 e. The van der Waals surface area contributed by atoms with E-state index in [0.29, 0.717) is 11.3 Å². The predicted molar refractivity (Wildman–Crippen MR) is 119 cm³/mol. The molecule has 0 aliphatic carbocycles. The summed E-state index contributed by atoms with van der Waals surface area (Å²) in [4.78, 5) is 16.9. The van der Waals surface area contributed by atoms with Gasteiger partial charge in [-0.1, -0.05) is 30.3 Å². The van der Waals surface area contributed by atoms with Crippen LogP contribution < -0.4 is 5.32 Å². The molecule has 0 spiro atoms. The zero-order valence-electron chi connectivity index (χ0n) is 16.1. The van der Waals surface area contributed by atoms with Gasteiger partial charge in [0.25, 0.3) is 5.91 Å². The van der Waals surface area contributed by atoms with Crippen molar-refractivity contribution in [1.29, 1.82) is 0 Å². The number of thiazole rings is 1. The van der Waals surface area contributed by atoms with Gasteiger partial charge in [0.15, 0.2) is 0 Å². The molecule has 0 saturated carbocycles. The van der Waals surface area contributed by atoms with Gasteiger partial charge in [-0.15, -0.1) is 11.3 Å². The molecular weight excluding hydrogens is 418 g/mol. The Labute approximate surface area is 178 Å². The lowest BCUT2D eigenvalue weighted by atomic mass is 10.2. The van der Waals surface area contributed by atoms with Crippen molar-refractivity contribution >= 4 is 43.2 Å². The molecule has 152 valence electrons. The van der Waals surface area contributed by atoms with Crippen LogP contribution in [0, 0.1) is 0 Å². The van der Waals surface area contributed by atoms with Gasteiger partial charge in [0.1, 0.15) is 0 Å². The van der Waals surface area contributed by atoms with Crippen molar-refractivity contribution in [2.75, 3.05) is 12.4 Å². The van der Waals surface area contributed by atoms with Crippen LogP contribution in [0.25, 0.3) is 10.2 Å². The SMILES string of the molecule is CN(Cc1ccccc1)S(=O)(=O)c1ccc(NC(=O)c2ccc3ncsc3c2)cc1. The van der Waals surface area contributed by atoms with Crippen LogP contribution in [0.4, 0.5) is 5.69 Å². The molecular formula is C22H19N3O3S2. The van der Waals surface area contributed by atoms with Gasteiger partial charge >= 0.3 is 0 Å². The van der Waals surface area contributed by atoms with E-state index in [1.54, 1.807) is 42.9 Å². The van der Waals surface area contributed by atoms with E-state index >= 15 is 0 Å². The number of aromatic nitrogens is 1. The number of anilines is 1. The molecule has 0 saturated heterocycles. The Kier molecular flexibility index (Phi) is 5.63. The number of nitrogens with one attached hydrogen (secondary N) is 1. The van der Waals surface area contributed by atoms with Crippen molar-refractivity contribution in [1.82, 2.24) is 9.29 Å². The van der Waals surface area contributed by atoms with Gasteiger partial charge in [-0.25, -0.2) is 13.4 Å². The van der Waals surface area contributed by atoms with Crippen LogP contribution in [0.5, 0.6) is 0 Å². The number of hydrogen-bond donors (Lipinski definition) is 1. The molecule has 0 bridgehead atoms. The standard InChI is InChI=1S/C22H19N3O3S2/c1-25(14-16-5-3-2-4-6-16)30(27,28)19-10-8-18(9-11-19)24-22(26)17-7-12-20-21(13-17)29-15-23-20/h2-13,15H,14H2,1H3,(H,24,26). The third-order valence-corrected chi connectivity index (χ3v) is 7.27. The number of fused-ring (bicyclic) bond motifs is 1. The first-order chi connectivity index (χ1) is 14.4. The van der Waals surface area contributed by atoms with Gasteiger partial charge in [0.05, 0.1) is 20.6 Å². The molecule has 0 aliphatic heterocycles. The van der Waals surface area contributed by atoms with Crippen molar-refractivity contribution in [3.63, 3.8) is 0 Å². The highest BCUT2D eigenvalue weighted by Crippen LogP contribution is 2.22. The summed E-state index contributed by atoms with van der Waals surface area (Å²) in [5.74, 6) is -0.262. The second-order valence-corrected chi connectivity index (χ2v) is 9.69. The Morgan fingerprint density at radius 3 is 2.50 bits per heavy atom. The fraction of sp³-hybridized carbons (Fsp3) is 0.0909. The molecule has 1 heterocycles. The van der Waals surface area contributed by atoms with Crippen LogP contribution in [0.1, 0.15) is 15.9 Å². The van der Waals surface area contributed by atoms with E-state index in [1.165, 1.54) is 27.8 Å². The largest absolute Gasteiger partial charge is 0.322 e. The molecule has 8 heteroatoms. The number of benzene rings is 3. The van der Waals surface area contributed by atoms with Crippen molar-refractivity contribution in [2.24, 2.45) is 0 Å². The second-order valence-electron chi connectivity index (χ2n) is 6.76. The summed E-state index contributed by atoms with van der Waals surface area (Å²) in [6.45, 7) is 0.279. The average Bonchev–Trinajstić information content (AvgIpc) is 3.22. The zero-order chi connectivity index (χ0) is 21.1. The molecule has 6 nitrogen and oxygen atoms in total. The highest BCUT2D eigenvalue weighted by molar-refractivity contribution is 7.89. The van der Waals surface area contributed by atoms with Crippen LogP contribution in [0.15, 0.2) is 83.2 Å².